The van der Waals surface area contributed by atoms with Crippen LogP contribution in [0.15, 0.2) is 79.1 Å². The van der Waals surface area contributed by atoms with E-state index in [0.717, 1.165) is 65.2 Å². The zero-order chi connectivity index (χ0) is 26.8. The Hall–Kier alpha value is -4.63. The van der Waals surface area contributed by atoms with Crippen molar-refractivity contribution >= 4 is 34.1 Å². The monoisotopic (exact) mass is 520 g/mol. The SMILES string of the molecule is CN1CCC(Nc2ccc(C(=O)Nc3cc(-c4ccc5ncn(Cc6ccc(N)cc6)c5c4)[nH]n3)cc2)CC1. The molecule has 0 aliphatic carbocycles. The van der Waals surface area contributed by atoms with Crippen LogP contribution in [0.1, 0.15) is 28.8 Å². The Morgan fingerprint density at radius 2 is 1.79 bits per heavy atom. The van der Waals surface area contributed by atoms with Crippen molar-refractivity contribution in [3.63, 3.8) is 0 Å². The van der Waals surface area contributed by atoms with Crippen molar-refractivity contribution in [2.24, 2.45) is 0 Å². The third-order valence-electron chi connectivity index (χ3n) is 7.32. The number of carbonyl (C=O) groups excluding carboxylic acids is 1. The fourth-order valence-corrected chi connectivity index (χ4v) is 5.00. The number of H-pyrrole nitrogens is 1. The fraction of sp³-hybridized carbons (Fsp3) is 0.233. The summed E-state index contributed by atoms with van der Waals surface area (Å²) in [5.74, 6) is 0.273. The Kier molecular flexibility index (Phi) is 6.73. The van der Waals surface area contributed by atoms with Crippen LogP contribution in [0.25, 0.3) is 22.3 Å². The molecule has 9 nitrogen and oxygen atoms in total. The highest BCUT2D eigenvalue weighted by Gasteiger charge is 2.17. The van der Waals surface area contributed by atoms with Crippen LogP contribution in [0, 0.1) is 0 Å². The van der Waals surface area contributed by atoms with Gasteiger partial charge in [0.05, 0.1) is 23.1 Å². The van der Waals surface area contributed by atoms with E-state index in [0.29, 0.717) is 24.0 Å². The smallest absolute Gasteiger partial charge is 0.256 e. The maximum atomic E-state index is 12.9. The molecule has 6 rings (SSSR count). The van der Waals surface area contributed by atoms with Crippen molar-refractivity contribution in [1.82, 2.24) is 24.6 Å². The van der Waals surface area contributed by atoms with Gasteiger partial charge >= 0.3 is 0 Å². The fourth-order valence-electron chi connectivity index (χ4n) is 5.00. The van der Waals surface area contributed by atoms with Crippen molar-refractivity contribution in [1.29, 1.82) is 0 Å². The summed E-state index contributed by atoms with van der Waals surface area (Å²) in [5.41, 5.74) is 13.0. The van der Waals surface area contributed by atoms with E-state index in [-0.39, 0.29) is 5.91 Å². The zero-order valence-corrected chi connectivity index (χ0v) is 21.9. The lowest BCUT2D eigenvalue weighted by Gasteiger charge is -2.30. The second-order valence-electron chi connectivity index (χ2n) is 10.2. The van der Waals surface area contributed by atoms with Crippen molar-refractivity contribution in [2.45, 2.75) is 25.4 Å². The van der Waals surface area contributed by atoms with Crippen LogP contribution < -0.4 is 16.4 Å². The summed E-state index contributed by atoms with van der Waals surface area (Å²) in [6, 6.07) is 23.9. The molecule has 5 aromatic rings. The number of fused-ring (bicyclic) bond motifs is 1. The number of likely N-dealkylation sites (tertiary alicyclic amines) is 1. The van der Waals surface area contributed by atoms with Crippen LogP contribution in [-0.2, 0) is 6.54 Å². The highest BCUT2D eigenvalue weighted by Crippen LogP contribution is 2.25. The molecule has 9 heteroatoms. The summed E-state index contributed by atoms with van der Waals surface area (Å²) in [4.78, 5) is 19.8. The number of benzene rings is 3. The Balaban J connectivity index is 1.12. The molecule has 0 radical (unpaired) electrons. The average Bonchev–Trinajstić information content (AvgIpc) is 3.58. The van der Waals surface area contributed by atoms with Crippen LogP contribution in [0.2, 0.25) is 0 Å². The van der Waals surface area contributed by atoms with Gasteiger partial charge in [-0.05, 0) is 87.1 Å². The summed E-state index contributed by atoms with van der Waals surface area (Å²) in [7, 11) is 2.16. The van der Waals surface area contributed by atoms with Gasteiger partial charge in [-0.1, -0.05) is 18.2 Å². The quantitative estimate of drug-likeness (QED) is 0.229. The van der Waals surface area contributed by atoms with Gasteiger partial charge in [-0.3, -0.25) is 9.89 Å². The van der Waals surface area contributed by atoms with Crippen molar-refractivity contribution in [3.05, 3.63) is 90.3 Å². The van der Waals surface area contributed by atoms with Gasteiger partial charge in [0.25, 0.3) is 5.91 Å². The van der Waals surface area contributed by atoms with Crippen LogP contribution in [0.4, 0.5) is 17.2 Å². The number of imidazole rings is 1. The van der Waals surface area contributed by atoms with Crippen molar-refractivity contribution in [3.8, 4) is 11.3 Å². The molecule has 1 saturated heterocycles. The van der Waals surface area contributed by atoms with Gasteiger partial charge in [-0.2, -0.15) is 5.10 Å². The standard InChI is InChI=1S/C30H32N8O/c1-37-14-12-25(13-15-37)33-24-9-4-21(5-10-24)30(39)34-29-17-27(35-36-29)22-6-11-26-28(16-22)38(19-32-26)18-20-2-7-23(31)8-3-20/h2-11,16-17,19,25,33H,12-15,18,31H2,1H3,(H2,34,35,36,39). The second-order valence-corrected chi connectivity index (χ2v) is 10.2. The minimum Gasteiger partial charge on any atom is -0.399 e. The third kappa shape index (κ3) is 5.63. The number of hydrogen-bond donors (Lipinski definition) is 4. The molecule has 0 bridgehead atoms. The van der Waals surface area contributed by atoms with Crippen molar-refractivity contribution in [2.75, 3.05) is 36.5 Å². The van der Waals surface area contributed by atoms with Crippen LogP contribution in [0.3, 0.4) is 0 Å². The van der Waals surface area contributed by atoms with Gasteiger partial charge in [0.2, 0.25) is 0 Å². The number of nitrogens with one attached hydrogen (secondary N) is 3. The maximum absolute atomic E-state index is 12.9. The number of carbonyl (C=O) groups is 1. The second kappa shape index (κ2) is 10.6. The van der Waals surface area contributed by atoms with Gasteiger partial charge in [0.1, 0.15) is 0 Å². The number of nitrogens with zero attached hydrogens (tertiary/aromatic N) is 4. The minimum absolute atomic E-state index is 0.198. The van der Waals surface area contributed by atoms with E-state index in [1.165, 1.54) is 0 Å². The molecule has 39 heavy (non-hydrogen) atoms. The number of hydrogen-bond acceptors (Lipinski definition) is 6. The minimum atomic E-state index is -0.198. The normalized spacial score (nSPS) is 14.5. The summed E-state index contributed by atoms with van der Waals surface area (Å²) < 4.78 is 2.11. The van der Waals surface area contributed by atoms with E-state index in [2.05, 4.69) is 48.4 Å². The molecule has 1 fully saturated rings. The van der Waals surface area contributed by atoms with E-state index in [1.807, 2.05) is 73.1 Å². The predicted octanol–water partition coefficient (Wildman–Crippen LogP) is 4.82. The highest BCUT2D eigenvalue weighted by molar-refractivity contribution is 6.04. The first kappa shape index (κ1) is 24.7. The van der Waals surface area contributed by atoms with Crippen LogP contribution in [0.5, 0.6) is 0 Å². The average molecular weight is 521 g/mol. The van der Waals surface area contributed by atoms with E-state index in [9.17, 15) is 4.79 Å². The third-order valence-corrected chi connectivity index (χ3v) is 7.32. The number of aromatic amines is 1. The number of piperidine rings is 1. The van der Waals surface area contributed by atoms with Crippen LogP contribution in [-0.4, -0.2) is 56.7 Å². The van der Waals surface area contributed by atoms with E-state index >= 15 is 0 Å². The number of nitrogens with two attached hydrogens (primary N) is 1. The molecule has 0 spiro atoms. The number of aromatic nitrogens is 4. The molecule has 1 aliphatic rings. The Labute approximate surface area is 227 Å². The van der Waals surface area contributed by atoms with E-state index < -0.39 is 0 Å². The molecule has 3 aromatic carbocycles. The highest BCUT2D eigenvalue weighted by atomic mass is 16.1. The van der Waals surface area contributed by atoms with Gasteiger partial charge in [0, 0.05) is 41.2 Å². The van der Waals surface area contributed by atoms with E-state index in [4.69, 9.17) is 5.73 Å². The lowest BCUT2D eigenvalue weighted by Crippen LogP contribution is -2.36. The largest absolute Gasteiger partial charge is 0.399 e. The summed E-state index contributed by atoms with van der Waals surface area (Å²) in [6.07, 6.45) is 4.09. The molecule has 0 atom stereocenters. The topological polar surface area (TPSA) is 117 Å². The van der Waals surface area contributed by atoms with Crippen LogP contribution >= 0.6 is 0 Å². The number of anilines is 3. The summed E-state index contributed by atoms with van der Waals surface area (Å²) in [6.45, 7) is 2.90. The molecule has 1 aliphatic heterocycles. The Bertz CT molecular complexity index is 1580. The molecule has 0 unspecified atom stereocenters. The molecular formula is C30H32N8O. The maximum Gasteiger partial charge on any atom is 0.256 e. The first-order valence-corrected chi connectivity index (χ1v) is 13.2. The predicted molar refractivity (Wildman–Crippen MR) is 156 cm³/mol. The molecule has 1 amide bonds. The number of amides is 1. The van der Waals surface area contributed by atoms with Crippen molar-refractivity contribution < 1.29 is 4.79 Å². The first-order valence-electron chi connectivity index (χ1n) is 13.2. The van der Waals surface area contributed by atoms with Gasteiger partial charge in [-0.25, -0.2) is 4.98 Å². The van der Waals surface area contributed by atoms with E-state index in [1.54, 1.807) is 0 Å². The number of rotatable bonds is 7. The zero-order valence-electron chi connectivity index (χ0n) is 21.9. The summed E-state index contributed by atoms with van der Waals surface area (Å²) >= 11 is 0. The Morgan fingerprint density at radius 3 is 2.56 bits per heavy atom. The van der Waals surface area contributed by atoms with Gasteiger partial charge < -0.3 is 25.8 Å². The molecule has 2 aromatic heterocycles. The summed E-state index contributed by atoms with van der Waals surface area (Å²) in [5, 5.41) is 13.8. The Morgan fingerprint density at radius 1 is 1.03 bits per heavy atom. The van der Waals surface area contributed by atoms with Gasteiger partial charge in [0.15, 0.2) is 5.82 Å². The molecule has 198 valence electrons. The molecule has 5 N–H and O–H groups in total. The molecular weight excluding hydrogens is 488 g/mol. The molecule has 0 saturated carbocycles. The molecule has 3 heterocycles. The first-order chi connectivity index (χ1) is 19.0. The van der Waals surface area contributed by atoms with Gasteiger partial charge in [-0.15, -0.1) is 0 Å². The lowest BCUT2D eigenvalue weighted by molar-refractivity contribution is 0.102. The number of nitrogen functional groups attached to an aromatic ring is 1. The lowest BCUT2D eigenvalue weighted by atomic mass is 10.0.